The summed E-state index contributed by atoms with van der Waals surface area (Å²) in [5, 5.41) is 0. The first kappa shape index (κ1) is 92.6. The fourth-order valence-corrected chi connectivity index (χ4v) is 13.3. The van der Waals surface area contributed by atoms with Crippen LogP contribution in [-0.4, -0.2) is 10.7 Å². The second-order valence-electron chi connectivity index (χ2n) is 28.4. The van der Waals surface area contributed by atoms with Crippen LogP contribution in [0.15, 0.2) is 71.8 Å². The summed E-state index contributed by atoms with van der Waals surface area (Å²) in [6.07, 6.45) is 93.0. The molecule has 2 aromatic carbocycles. The number of aryl methyl sites for hydroxylation is 2. The van der Waals surface area contributed by atoms with E-state index in [9.17, 15) is 5.53 Å². The van der Waals surface area contributed by atoms with Gasteiger partial charge in [-0.2, -0.15) is 12.8 Å². The van der Waals surface area contributed by atoms with E-state index in [1.807, 2.05) is 0 Å². The quantitative estimate of drug-likeness (QED) is 0.0120. The Balaban J connectivity index is 0. The van der Waals surface area contributed by atoms with E-state index < -0.39 is 0 Å². The summed E-state index contributed by atoms with van der Waals surface area (Å²) >= 11 is 0. The second-order valence-corrected chi connectivity index (χ2v) is 28.4. The molecule has 0 aliphatic carbocycles. The van der Waals surface area contributed by atoms with Crippen molar-refractivity contribution >= 4 is 11.4 Å². The van der Waals surface area contributed by atoms with Gasteiger partial charge in [-0.15, -0.1) is 4.79 Å². The van der Waals surface area contributed by atoms with Gasteiger partial charge < -0.3 is 19.4 Å². The fourth-order valence-electron chi connectivity index (χ4n) is 13.3. The zero-order valence-electron chi connectivity index (χ0n) is 63.7. The van der Waals surface area contributed by atoms with Crippen LogP contribution in [0, 0.1) is 13.8 Å². The molecule has 0 saturated carbocycles. The Morgan fingerprint density at radius 2 is 0.634 bits per heavy atom. The molecule has 0 spiro atoms. The zero-order chi connectivity index (χ0) is 66.8. The van der Waals surface area contributed by atoms with E-state index >= 15 is 0 Å². The van der Waals surface area contributed by atoms with Crippen molar-refractivity contribution < 1.29 is 21.3 Å². The SMILES string of the molecule is CCCCCCCCCCCCCCCCCCCCCCCCC=CC(=C=[N+]=[N-])C(CC)=C(c1ccc(CCCC)cc1)c1cccc(CCCC)c1.[CH2-]CCCCCCCCCCCCCCCCCC.[CH2-]CCCCCCCCCCCCCCCCCC.[Ni+2]. The third kappa shape index (κ3) is 62.8. The Bertz CT molecular complexity index is 1860. The minimum Gasteiger partial charge on any atom is -0.348 e. The molecular weight excluding hydrogens is 1170 g/mol. The summed E-state index contributed by atoms with van der Waals surface area (Å²) in [4.78, 5) is 3.42. The Morgan fingerprint density at radius 3 is 0.925 bits per heavy atom. The predicted octanol–water partition coefficient (Wildman–Crippen LogP) is 31.9. The average molecular weight is 1330 g/mol. The van der Waals surface area contributed by atoms with E-state index in [-0.39, 0.29) is 16.5 Å². The van der Waals surface area contributed by atoms with Gasteiger partial charge in [0.25, 0.3) is 0 Å². The molecule has 2 nitrogen and oxygen atoms in total. The van der Waals surface area contributed by atoms with Gasteiger partial charge in [0.2, 0.25) is 0 Å². The van der Waals surface area contributed by atoms with Crippen LogP contribution < -0.4 is 0 Å². The van der Waals surface area contributed by atoms with Gasteiger partial charge in [-0.05, 0) is 84.4 Å². The number of unbranched alkanes of at least 4 members (excludes halogenated alkanes) is 56. The topological polar surface area (TPSA) is 36.4 Å². The Hall–Kier alpha value is -2.43. The second kappa shape index (κ2) is 78.6. The first-order valence-corrected chi connectivity index (χ1v) is 41.6. The van der Waals surface area contributed by atoms with E-state index in [0.29, 0.717) is 0 Å². The molecule has 0 bridgehead atoms. The van der Waals surface area contributed by atoms with Crippen molar-refractivity contribution in [3.8, 4) is 0 Å². The average Bonchev–Trinajstić information content (AvgIpc) is 0.933. The maximum Gasteiger partial charge on any atom is 2.00 e. The molecule has 0 aliphatic heterocycles. The molecule has 93 heavy (non-hydrogen) atoms. The molecule has 0 amide bonds. The number of nitrogens with zero attached hydrogens (tertiary/aromatic N) is 2. The molecule has 2 rings (SSSR count). The van der Waals surface area contributed by atoms with Gasteiger partial charge in [-0.25, -0.2) is 0 Å². The standard InChI is InChI=1S/C52H82N2.2C19H39.Ni/c1-5-9-12-13-14-15-16-17-18-19-20-21-22-23-24-25-26-27-28-29-30-31-32-33-38-50(45-54-53)51(8-4)52(48-42-40-46(41-43-48)35-10-6-2)49-39-34-37-47(44-49)36-11-7-3;2*1-3-5-7-9-11-13-15-17-19-18-16-14-12-10-8-6-4-2;/h33-34,37-44H,5-32,35-36H2,1-4H3;2*1,3-19H2,2H3;/q;2*-1;+2. The van der Waals surface area contributed by atoms with Crippen LogP contribution in [0.3, 0.4) is 0 Å². The molecule has 0 radical (unpaired) electrons. The van der Waals surface area contributed by atoms with Crippen molar-refractivity contribution in [3.05, 3.63) is 113 Å². The minimum absolute atomic E-state index is 0. The van der Waals surface area contributed by atoms with E-state index in [1.165, 1.54) is 406 Å². The number of hydrogen-bond acceptors (Lipinski definition) is 0. The summed E-state index contributed by atoms with van der Waals surface area (Å²) in [5.74, 6) is 2.96. The van der Waals surface area contributed by atoms with Crippen LogP contribution in [0.1, 0.15) is 462 Å². The van der Waals surface area contributed by atoms with Crippen molar-refractivity contribution in [2.24, 2.45) is 0 Å². The van der Waals surface area contributed by atoms with Gasteiger partial charge in [-0.1, -0.05) is 449 Å². The van der Waals surface area contributed by atoms with Crippen LogP contribution in [0.5, 0.6) is 0 Å². The molecule has 0 heterocycles. The van der Waals surface area contributed by atoms with Gasteiger partial charge in [0.15, 0.2) is 0 Å². The molecule has 0 aliphatic rings. The number of rotatable bonds is 66. The van der Waals surface area contributed by atoms with Crippen LogP contribution in [0.4, 0.5) is 0 Å². The van der Waals surface area contributed by atoms with Crippen LogP contribution in [0.25, 0.3) is 11.1 Å². The summed E-state index contributed by atoms with van der Waals surface area (Å²) in [7, 11) is 0. The maximum atomic E-state index is 9.69. The van der Waals surface area contributed by atoms with Crippen molar-refractivity contribution in [1.29, 1.82) is 0 Å². The van der Waals surface area contributed by atoms with Crippen molar-refractivity contribution in [1.82, 2.24) is 0 Å². The first-order chi connectivity index (χ1) is 45.5. The third-order valence-electron chi connectivity index (χ3n) is 19.5. The Morgan fingerprint density at radius 1 is 0.344 bits per heavy atom. The van der Waals surface area contributed by atoms with Gasteiger partial charge >= 0.3 is 22.4 Å². The molecule has 0 saturated heterocycles. The number of allylic oxidation sites excluding steroid dienone is 4. The molecule has 0 aromatic heterocycles. The molecular formula is C90H160N2Ni. The van der Waals surface area contributed by atoms with Gasteiger partial charge in [0.1, 0.15) is 5.57 Å². The first-order valence-electron chi connectivity index (χ1n) is 41.6. The Labute approximate surface area is 595 Å². The Kier molecular flexibility index (Phi) is 78.3. The summed E-state index contributed by atoms with van der Waals surface area (Å²) in [5.41, 5.74) is 18.2. The normalized spacial score (nSPS) is 11.4. The summed E-state index contributed by atoms with van der Waals surface area (Å²) < 4.78 is 0. The molecule has 0 N–H and O–H groups in total. The van der Waals surface area contributed by atoms with Crippen molar-refractivity contribution in [2.75, 3.05) is 0 Å². The van der Waals surface area contributed by atoms with Gasteiger partial charge in [0, 0.05) is 0 Å². The van der Waals surface area contributed by atoms with Crippen LogP contribution in [0.2, 0.25) is 0 Å². The molecule has 2 aromatic rings. The van der Waals surface area contributed by atoms with Crippen LogP contribution >= 0.6 is 0 Å². The zero-order valence-corrected chi connectivity index (χ0v) is 64.6. The fraction of sp³-hybridized carbons (Fsp3) is 0.778. The molecule has 0 fully saturated rings. The maximum absolute atomic E-state index is 9.69. The van der Waals surface area contributed by atoms with Gasteiger partial charge in [0.05, 0.1) is 0 Å². The molecule has 0 unspecified atom stereocenters. The van der Waals surface area contributed by atoms with E-state index in [0.717, 1.165) is 44.1 Å². The largest absolute Gasteiger partial charge is 2.00 e. The summed E-state index contributed by atoms with van der Waals surface area (Å²) in [6.45, 7) is 21.4. The molecule has 0 atom stereocenters. The minimum atomic E-state index is 0. The predicted molar refractivity (Wildman–Crippen MR) is 419 cm³/mol. The third-order valence-corrected chi connectivity index (χ3v) is 19.5. The van der Waals surface area contributed by atoms with E-state index in [4.69, 9.17) is 0 Å². The van der Waals surface area contributed by atoms with E-state index in [2.05, 4.69) is 127 Å². The van der Waals surface area contributed by atoms with Crippen LogP contribution in [-0.2, 0) is 29.3 Å². The van der Waals surface area contributed by atoms with Crippen molar-refractivity contribution in [3.63, 3.8) is 0 Å². The van der Waals surface area contributed by atoms with E-state index in [1.54, 1.807) is 0 Å². The molecule has 3 heteroatoms. The van der Waals surface area contributed by atoms with Gasteiger partial charge in [-0.3, -0.25) is 0 Å². The number of hydrogen-bond donors (Lipinski definition) is 0. The number of benzene rings is 2. The molecule has 540 valence electrons. The van der Waals surface area contributed by atoms with Crippen molar-refractivity contribution in [2.45, 2.75) is 452 Å². The monoisotopic (exact) mass is 1330 g/mol. The summed E-state index contributed by atoms with van der Waals surface area (Å²) in [6, 6.07) is 18.2. The smallest absolute Gasteiger partial charge is 0.348 e.